The van der Waals surface area contributed by atoms with Crippen LogP contribution in [0.5, 0.6) is 0 Å². The summed E-state index contributed by atoms with van der Waals surface area (Å²) in [4.78, 5) is 6.37. The maximum absolute atomic E-state index is 8.65. The van der Waals surface area contributed by atoms with Gasteiger partial charge in [0.1, 0.15) is 11.8 Å². The fourth-order valence-corrected chi connectivity index (χ4v) is 1.59. The van der Waals surface area contributed by atoms with Crippen molar-refractivity contribution in [1.82, 2.24) is 4.98 Å². The summed E-state index contributed by atoms with van der Waals surface area (Å²) in [7, 11) is 0. The summed E-state index contributed by atoms with van der Waals surface area (Å²) >= 11 is 0. The fourth-order valence-electron chi connectivity index (χ4n) is 1.59. The van der Waals surface area contributed by atoms with Gasteiger partial charge in [-0.05, 0) is 32.4 Å². The average molecular weight is 203 g/mol. The molecule has 0 saturated carbocycles. The molecule has 1 atom stereocenters. The molecule has 1 aromatic heterocycles. The SMILES string of the molecule is CCC(C)N(CC)c1ccc(C#N)nc1. The summed E-state index contributed by atoms with van der Waals surface area (Å²) in [6.45, 7) is 7.46. The molecule has 0 aliphatic rings. The van der Waals surface area contributed by atoms with Crippen molar-refractivity contribution < 1.29 is 0 Å². The van der Waals surface area contributed by atoms with Crippen molar-refractivity contribution in [3.63, 3.8) is 0 Å². The van der Waals surface area contributed by atoms with Gasteiger partial charge < -0.3 is 4.90 Å². The lowest BCUT2D eigenvalue weighted by molar-refractivity contribution is 0.629. The van der Waals surface area contributed by atoms with Gasteiger partial charge in [0.15, 0.2) is 0 Å². The van der Waals surface area contributed by atoms with Gasteiger partial charge in [0.2, 0.25) is 0 Å². The molecule has 0 aliphatic carbocycles. The summed E-state index contributed by atoms with van der Waals surface area (Å²) in [5.74, 6) is 0. The molecular weight excluding hydrogens is 186 g/mol. The predicted molar refractivity (Wildman–Crippen MR) is 61.7 cm³/mol. The summed E-state index contributed by atoms with van der Waals surface area (Å²) in [5, 5.41) is 8.65. The molecule has 1 heterocycles. The number of aromatic nitrogens is 1. The predicted octanol–water partition coefficient (Wildman–Crippen LogP) is 2.58. The minimum atomic E-state index is 0.471. The highest BCUT2D eigenvalue weighted by molar-refractivity contribution is 5.46. The zero-order chi connectivity index (χ0) is 11.3. The van der Waals surface area contributed by atoms with Crippen LogP contribution in [0.2, 0.25) is 0 Å². The first kappa shape index (κ1) is 11.5. The normalized spacial score (nSPS) is 11.9. The zero-order valence-electron chi connectivity index (χ0n) is 9.57. The van der Waals surface area contributed by atoms with E-state index >= 15 is 0 Å². The Morgan fingerprint density at radius 2 is 2.20 bits per heavy atom. The van der Waals surface area contributed by atoms with Crippen molar-refractivity contribution in [2.75, 3.05) is 11.4 Å². The second kappa shape index (κ2) is 5.35. The van der Waals surface area contributed by atoms with Crippen LogP contribution in [0.1, 0.15) is 32.9 Å². The molecule has 0 saturated heterocycles. The van der Waals surface area contributed by atoms with Crippen LogP contribution in [-0.4, -0.2) is 17.6 Å². The van der Waals surface area contributed by atoms with Gasteiger partial charge in [-0.25, -0.2) is 4.98 Å². The largest absolute Gasteiger partial charge is 0.368 e. The van der Waals surface area contributed by atoms with Gasteiger partial charge in [-0.3, -0.25) is 0 Å². The number of nitriles is 1. The van der Waals surface area contributed by atoms with Crippen LogP contribution in [0.4, 0.5) is 5.69 Å². The summed E-state index contributed by atoms with van der Waals surface area (Å²) in [6, 6.07) is 6.25. The Hall–Kier alpha value is -1.56. The Bertz CT molecular complexity index is 337. The minimum absolute atomic E-state index is 0.471. The Morgan fingerprint density at radius 1 is 1.47 bits per heavy atom. The molecule has 0 amide bonds. The zero-order valence-corrected chi connectivity index (χ0v) is 9.57. The van der Waals surface area contributed by atoms with Gasteiger partial charge in [0.25, 0.3) is 0 Å². The lowest BCUT2D eigenvalue weighted by Crippen LogP contribution is -2.32. The molecule has 1 aromatic rings. The van der Waals surface area contributed by atoms with Gasteiger partial charge in [0, 0.05) is 12.6 Å². The second-order valence-corrected chi connectivity index (χ2v) is 3.56. The molecule has 1 rings (SSSR count). The number of hydrogen-bond donors (Lipinski definition) is 0. The Balaban J connectivity index is 2.89. The Kier molecular flexibility index (Phi) is 4.11. The number of anilines is 1. The number of rotatable bonds is 4. The van der Waals surface area contributed by atoms with Crippen LogP contribution in [0.15, 0.2) is 18.3 Å². The molecule has 0 radical (unpaired) electrons. The van der Waals surface area contributed by atoms with Crippen molar-refractivity contribution in [3.05, 3.63) is 24.0 Å². The van der Waals surface area contributed by atoms with Gasteiger partial charge >= 0.3 is 0 Å². The lowest BCUT2D eigenvalue weighted by atomic mass is 10.2. The number of pyridine rings is 1. The van der Waals surface area contributed by atoms with E-state index in [9.17, 15) is 0 Å². The summed E-state index contributed by atoms with van der Waals surface area (Å²) < 4.78 is 0. The van der Waals surface area contributed by atoms with Gasteiger partial charge in [-0.2, -0.15) is 5.26 Å². The molecule has 0 fully saturated rings. The highest BCUT2D eigenvalue weighted by Gasteiger charge is 2.10. The smallest absolute Gasteiger partial charge is 0.140 e. The van der Waals surface area contributed by atoms with E-state index in [1.807, 2.05) is 12.1 Å². The van der Waals surface area contributed by atoms with Crippen LogP contribution in [0.3, 0.4) is 0 Å². The second-order valence-electron chi connectivity index (χ2n) is 3.56. The van der Waals surface area contributed by atoms with E-state index in [4.69, 9.17) is 5.26 Å². The molecule has 0 N–H and O–H groups in total. The standard InChI is InChI=1S/C12H17N3/c1-4-10(3)15(5-2)12-7-6-11(8-13)14-9-12/h6-7,9-10H,4-5H2,1-3H3. The minimum Gasteiger partial charge on any atom is -0.368 e. The molecule has 0 aliphatic heterocycles. The van der Waals surface area contributed by atoms with E-state index in [2.05, 4.69) is 30.7 Å². The highest BCUT2D eigenvalue weighted by Crippen LogP contribution is 2.17. The number of hydrogen-bond acceptors (Lipinski definition) is 3. The van der Waals surface area contributed by atoms with Crippen LogP contribution in [0.25, 0.3) is 0 Å². The average Bonchev–Trinajstić information content (AvgIpc) is 2.30. The van der Waals surface area contributed by atoms with Gasteiger partial charge in [-0.15, -0.1) is 0 Å². The molecule has 15 heavy (non-hydrogen) atoms. The van der Waals surface area contributed by atoms with E-state index in [0.29, 0.717) is 11.7 Å². The van der Waals surface area contributed by atoms with E-state index < -0.39 is 0 Å². The first-order valence-corrected chi connectivity index (χ1v) is 5.35. The molecule has 3 heteroatoms. The van der Waals surface area contributed by atoms with E-state index in [-0.39, 0.29) is 0 Å². The van der Waals surface area contributed by atoms with Crippen molar-refractivity contribution in [1.29, 1.82) is 5.26 Å². The first-order valence-electron chi connectivity index (χ1n) is 5.35. The Morgan fingerprint density at radius 3 is 2.60 bits per heavy atom. The summed E-state index contributed by atoms with van der Waals surface area (Å²) in [6.07, 6.45) is 2.88. The Labute approximate surface area is 91.4 Å². The lowest BCUT2D eigenvalue weighted by Gasteiger charge is -2.29. The van der Waals surface area contributed by atoms with E-state index in [0.717, 1.165) is 18.7 Å². The van der Waals surface area contributed by atoms with Crippen molar-refractivity contribution >= 4 is 5.69 Å². The van der Waals surface area contributed by atoms with Crippen LogP contribution in [0, 0.1) is 11.3 Å². The van der Waals surface area contributed by atoms with Crippen LogP contribution >= 0.6 is 0 Å². The van der Waals surface area contributed by atoms with Crippen LogP contribution in [-0.2, 0) is 0 Å². The third-order valence-corrected chi connectivity index (χ3v) is 2.66. The van der Waals surface area contributed by atoms with Crippen molar-refractivity contribution in [3.8, 4) is 6.07 Å². The quantitative estimate of drug-likeness (QED) is 0.755. The van der Waals surface area contributed by atoms with Gasteiger partial charge in [0.05, 0.1) is 11.9 Å². The van der Waals surface area contributed by atoms with E-state index in [1.54, 1.807) is 12.3 Å². The molecular formula is C12H17N3. The van der Waals surface area contributed by atoms with Crippen LogP contribution < -0.4 is 4.90 Å². The molecule has 80 valence electrons. The number of nitrogens with zero attached hydrogens (tertiary/aromatic N) is 3. The fraction of sp³-hybridized carbons (Fsp3) is 0.500. The van der Waals surface area contributed by atoms with Crippen molar-refractivity contribution in [2.24, 2.45) is 0 Å². The van der Waals surface area contributed by atoms with E-state index in [1.165, 1.54) is 0 Å². The molecule has 0 spiro atoms. The third kappa shape index (κ3) is 2.69. The highest BCUT2D eigenvalue weighted by atomic mass is 15.2. The molecule has 0 aromatic carbocycles. The van der Waals surface area contributed by atoms with Gasteiger partial charge in [-0.1, -0.05) is 6.92 Å². The third-order valence-electron chi connectivity index (χ3n) is 2.66. The first-order chi connectivity index (χ1) is 7.22. The molecule has 0 bridgehead atoms. The summed E-state index contributed by atoms with van der Waals surface area (Å²) in [5.41, 5.74) is 1.56. The molecule has 1 unspecified atom stereocenters. The maximum Gasteiger partial charge on any atom is 0.140 e. The maximum atomic E-state index is 8.65. The topological polar surface area (TPSA) is 39.9 Å². The monoisotopic (exact) mass is 203 g/mol. The van der Waals surface area contributed by atoms with Crippen molar-refractivity contribution in [2.45, 2.75) is 33.2 Å². The molecule has 3 nitrogen and oxygen atoms in total.